The van der Waals surface area contributed by atoms with Crippen molar-refractivity contribution in [3.05, 3.63) is 63.6 Å². The molecule has 2 nitrogen and oxygen atoms in total. The summed E-state index contributed by atoms with van der Waals surface area (Å²) in [6, 6.07) is 16.0. The van der Waals surface area contributed by atoms with Gasteiger partial charge < -0.3 is 0 Å². The van der Waals surface area contributed by atoms with Gasteiger partial charge in [-0.25, -0.2) is 0 Å². The number of benzene rings is 2. The number of hydrogen-bond acceptors (Lipinski definition) is 3. The highest BCUT2D eigenvalue weighted by Crippen LogP contribution is 2.30. The second-order valence-corrected chi connectivity index (χ2v) is 6.36. The fourth-order valence-electron chi connectivity index (χ4n) is 1.67. The van der Waals surface area contributed by atoms with E-state index in [0.29, 0.717) is 0 Å². The SMILES string of the molecule is NNC(CSc1ccccc1Br)c1ccc(Cl)cc1. The highest BCUT2D eigenvalue weighted by Gasteiger charge is 2.11. The molecule has 0 saturated carbocycles. The van der Waals surface area contributed by atoms with Gasteiger partial charge in [-0.15, -0.1) is 11.8 Å². The molecular formula is C14H14BrClN2S. The smallest absolute Gasteiger partial charge is 0.0553 e. The Bertz CT molecular complexity index is 533. The third kappa shape index (κ3) is 4.23. The second-order valence-electron chi connectivity index (χ2n) is 4.01. The van der Waals surface area contributed by atoms with E-state index in [1.807, 2.05) is 42.5 Å². The third-order valence-corrected chi connectivity index (χ3v) is 5.09. The zero-order valence-electron chi connectivity index (χ0n) is 10.1. The van der Waals surface area contributed by atoms with Gasteiger partial charge >= 0.3 is 0 Å². The normalized spacial score (nSPS) is 12.4. The molecule has 0 aliphatic rings. The van der Waals surface area contributed by atoms with Crippen molar-refractivity contribution in [2.75, 3.05) is 5.75 Å². The van der Waals surface area contributed by atoms with E-state index in [-0.39, 0.29) is 6.04 Å². The molecular weight excluding hydrogens is 344 g/mol. The largest absolute Gasteiger partial charge is 0.271 e. The molecule has 2 aromatic rings. The molecule has 1 atom stereocenters. The first kappa shape index (κ1) is 14.9. The van der Waals surface area contributed by atoms with Crippen molar-refractivity contribution in [2.45, 2.75) is 10.9 Å². The Labute approximate surface area is 130 Å². The molecule has 0 bridgehead atoms. The lowest BCUT2D eigenvalue weighted by Crippen LogP contribution is -2.29. The summed E-state index contributed by atoms with van der Waals surface area (Å²) < 4.78 is 1.10. The molecule has 2 aromatic carbocycles. The Hall–Kier alpha value is -0.520. The van der Waals surface area contributed by atoms with Gasteiger partial charge in [0.15, 0.2) is 0 Å². The molecule has 0 aliphatic heterocycles. The molecule has 2 rings (SSSR count). The van der Waals surface area contributed by atoms with E-state index in [4.69, 9.17) is 17.4 Å². The molecule has 1 unspecified atom stereocenters. The van der Waals surface area contributed by atoms with Gasteiger partial charge in [0.2, 0.25) is 0 Å². The Morgan fingerprint density at radius 2 is 1.84 bits per heavy atom. The molecule has 0 radical (unpaired) electrons. The molecule has 0 aliphatic carbocycles. The molecule has 0 spiro atoms. The monoisotopic (exact) mass is 356 g/mol. The maximum Gasteiger partial charge on any atom is 0.0553 e. The predicted molar refractivity (Wildman–Crippen MR) is 86.4 cm³/mol. The van der Waals surface area contributed by atoms with Crippen LogP contribution in [0.2, 0.25) is 5.02 Å². The maximum absolute atomic E-state index is 5.89. The second kappa shape index (κ2) is 7.31. The van der Waals surface area contributed by atoms with Crippen LogP contribution in [0.1, 0.15) is 11.6 Å². The first-order valence-electron chi connectivity index (χ1n) is 5.79. The Balaban J connectivity index is 2.04. The molecule has 100 valence electrons. The molecule has 0 aromatic heterocycles. The Morgan fingerprint density at radius 1 is 1.16 bits per heavy atom. The fraction of sp³-hybridized carbons (Fsp3) is 0.143. The highest BCUT2D eigenvalue weighted by atomic mass is 79.9. The van der Waals surface area contributed by atoms with Crippen molar-refractivity contribution < 1.29 is 0 Å². The van der Waals surface area contributed by atoms with Crippen LogP contribution in [-0.2, 0) is 0 Å². The quantitative estimate of drug-likeness (QED) is 0.473. The van der Waals surface area contributed by atoms with Gasteiger partial charge in [0.25, 0.3) is 0 Å². The van der Waals surface area contributed by atoms with Gasteiger partial charge in [-0.2, -0.15) is 0 Å². The number of nitrogens with two attached hydrogens (primary N) is 1. The number of hydrogen-bond donors (Lipinski definition) is 2. The van der Waals surface area contributed by atoms with Gasteiger partial charge in [-0.1, -0.05) is 35.9 Å². The van der Waals surface area contributed by atoms with Crippen molar-refractivity contribution in [1.29, 1.82) is 0 Å². The molecule has 0 amide bonds. The molecule has 0 fully saturated rings. The predicted octanol–water partition coefficient (Wildman–Crippen LogP) is 4.40. The summed E-state index contributed by atoms with van der Waals surface area (Å²) in [5, 5.41) is 0.734. The van der Waals surface area contributed by atoms with E-state index in [2.05, 4.69) is 27.4 Å². The summed E-state index contributed by atoms with van der Waals surface area (Å²) >= 11 is 11.2. The average molecular weight is 358 g/mol. The third-order valence-electron chi connectivity index (χ3n) is 2.72. The summed E-state index contributed by atoms with van der Waals surface area (Å²) in [6.45, 7) is 0. The molecule has 0 heterocycles. The van der Waals surface area contributed by atoms with Crippen molar-refractivity contribution in [2.24, 2.45) is 5.84 Å². The summed E-state index contributed by atoms with van der Waals surface area (Å²) in [6.07, 6.45) is 0. The lowest BCUT2D eigenvalue weighted by atomic mass is 10.1. The van der Waals surface area contributed by atoms with Gasteiger partial charge in [0.1, 0.15) is 0 Å². The standard InChI is InChI=1S/C14H14BrClN2S/c15-12-3-1-2-4-14(12)19-9-13(18-17)10-5-7-11(16)8-6-10/h1-8,13,18H,9,17H2. The summed E-state index contributed by atoms with van der Waals surface area (Å²) in [4.78, 5) is 1.21. The van der Waals surface area contributed by atoms with Crippen LogP contribution in [-0.4, -0.2) is 5.75 Å². The molecule has 5 heteroatoms. The highest BCUT2D eigenvalue weighted by molar-refractivity contribution is 9.10. The number of rotatable bonds is 5. The minimum atomic E-state index is 0.0920. The first-order valence-corrected chi connectivity index (χ1v) is 7.95. The van der Waals surface area contributed by atoms with Gasteiger partial charge in [-0.05, 0) is 45.8 Å². The van der Waals surface area contributed by atoms with Crippen LogP contribution in [0, 0.1) is 0 Å². The van der Waals surface area contributed by atoms with Gasteiger partial charge in [0, 0.05) is 20.1 Å². The summed E-state index contributed by atoms with van der Waals surface area (Å²) in [5.74, 6) is 6.48. The molecule has 3 N–H and O–H groups in total. The zero-order valence-corrected chi connectivity index (χ0v) is 13.3. The van der Waals surface area contributed by atoms with Crippen molar-refractivity contribution in [3.63, 3.8) is 0 Å². The van der Waals surface area contributed by atoms with Crippen LogP contribution in [0.25, 0.3) is 0 Å². The van der Waals surface area contributed by atoms with E-state index in [9.17, 15) is 0 Å². The number of halogens is 2. The molecule has 0 saturated heterocycles. The number of hydrazine groups is 1. The van der Waals surface area contributed by atoms with E-state index in [1.165, 1.54) is 4.90 Å². The Morgan fingerprint density at radius 3 is 2.47 bits per heavy atom. The lowest BCUT2D eigenvalue weighted by Gasteiger charge is -2.16. The Kier molecular flexibility index (Phi) is 5.73. The lowest BCUT2D eigenvalue weighted by molar-refractivity contribution is 0.611. The van der Waals surface area contributed by atoms with Gasteiger partial charge in [-0.3, -0.25) is 11.3 Å². The van der Waals surface area contributed by atoms with Crippen LogP contribution < -0.4 is 11.3 Å². The minimum Gasteiger partial charge on any atom is -0.271 e. The van der Waals surface area contributed by atoms with Crippen molar-refractivity contribution in [1.82, 2.24) is 5.43 Å². The van der Waals surface area contributed by atoms with E-state index >= 15 is 0 Å². The first-order chi connectivity index (χ1) is 9.20. The van der Waals surface area contributed by atoms with Crippen molar-refractivity contribution >= 4 is 39.3 Å². The zero-order chi connectivity index (χ0) is 13.7. The average Bonchev–Trinajstić information content (AvgIpc) is 2.43. The molecule has 19 heavy (non-hydrogen) atoms. The van der Waals surface area contributed by atoms with E-state index in [0.717, 1.165) is 20.8 Å². The van der Waals surface area contributed by atoms with Crippen LogP contribution in [0.3, 0.4) is 0 Å². The number of thioether (sulfide) groups is 1. The van der Waals surface area contributed by atoms with Crippen LogP contribution >= 0.6 is 39.3 Å². The summed E-state index contributed by atoms with van der Waals surface area (Å²) in [7, 11) is 0. The number of nitrogens with one attached hydrogen (secondary N) is 1. The van der Waals surface area contributed by atoms with E-state index < -0.39 is 0 Å². The minimum absolute atomic E-state index is 0.0920. The van der Waals surface area contributed by atoms with Crippen LogP contribution in [0.5, 0.6) is 0 Å². The van der Waals surface area contributed by atoms with Crippen LogP contribution in [0.4, 0.5) is 0 Å². The summed E-state index contributed by atoms with van der Waals surface area (Å²) in [5.41, 5.74) is 3.98. The van der Waals surface area contributed by atoms with E-state index in [1.54, 1.807) is 11.8 Å². The maximum atomic E-state index is 5.89. The van der Waals surface area contributed by atoms with Gasteiger partial charge in [0.05, 0.1) is 6.04 Å². The van der Waals surface area contributed by atoms with Crippen LogP contribution in [0.15, 0.2) is 57.9 Å². The van der Waals surface area contributed by atoms with Crippen molar-refractivity contribution in [3.8, 4) is 0 Å². The fourth-order valence-corrected chi connectivity index (χ4v) is 3.44. The topological polar surface area (TPSA) is 38.0 Å².